The molecule has 0 bridgehead atoms. The topological polar surface area (TPSA) is 58.3 Å². The summed E-state index contributed by atoms with van der Waals surface area (Å²) in [6.45, 7) is 5.20. The fraction of sp³-hybridized carbons (Fsp3) is 1.00. The van der Waals surface area contributed by atoms with E-state index in [4.69, 9.17) is 10.9 Å². The Morgan fingerprint density at radius 1 is 1.50 bits per heavy atom. The van der Waals surface area contributed by atoms with Crippen LogP contribution in [-0.4, -0.2) is 18.3 Å². The molecular formula is C5H16N2O. The lowest BCUT2D eigenvalue weighted by molar-refractivity contribution is 0.170. The third-order valence-electron chi connectivity index (χ3n) is 0.256. The first-order chi connectivity index (χ1) is 3.83. The molecule has 0 heterocycles. The zero-order valence-electron chi connectivity index (χ0n) is 5.65. The summed E-state index contributed by atoms with van der Waals surface area (Å²) in [5.41, 5.74) is 6.81. The molecule has 0 aliphatic carbocycles. The van der Waals surface area contributed by atoms with E-state index in [2.05, 4.69) is 13.8 Å². The van der Waals surface area contributed by atoms with Crippen LogP contribution in [0.2, 0.25) is 0 Å². The first-order valence-corrected chi connectivity index (χ1v) is 2.90. The molecule has 3 nitrogen and oxygen atoms in total. The van der Waals surface area contributed by atoms with Gasteiger partial charge in [-0.15, -0.1) is 0 Å². The molecule has 52 valence electrons. The minimum absolute atomic E-state index is 0.472. The van der Waals surface area contributed by atoms with Gasteiger partial charge >= 0.3 is 0 Å². The Labute approximate surface area is 50.8 Å². The number of nitrogens with two attached hydrogens (primary N) is 1. The van der Waals surface area contributed by atoms with Crippen LogP contribution in [0, 0.1) is 0 Å². The summed E-state index contributed by atoms with van der Waals surface area (Å²) in [5.74, 6) is 0. The van der Waals surface area contributed by atoms with Crippen molar-refractivity contribution in [1.82, 2.24) is 5.48 Å². The highest BCUT2D eigenvalue weighted by molar-refractivity contribution is 4.28. The molecule has 3 heteroatoms. The largest absolute Gasteiger partial charge is 0.329 e. The summed E-state index contributed by atoms with van der Waals surface area (Å²) in [6.07, 6.45) is 1.25. The molecule has 0 fully saturated rings. The Bertz CT molecular complexity index is 24.4. The predicted octanol–water partition coefficient (Wildman–Crippen LogP) is 0.340. The van der Waals surface area contributed by atoms with Gasteiger partial charge in [-0.25, -0.2) is 5.48 Å². The lowest BCUT2D eigenvalue weighted by Crippen LogP contribution is -2.17. The van der Waals surface area contributed by atoms with Gasteiger partial charge < -0.3 is 10.9 Å². The zero-order valence-corrected chi connectivity index (χ0v) is 5.65. The van der Waals surface area contributed by atoms with Crippen molar-refractivity contribution in [3.63, 3.8) is 0 Å². The highest BCUT2D eigenvalue weighted by atomic mass is 16.5. The van der Waals surface area contributed by atoms with Gasteiger partial charge in [-0.2, -0.15) is 0 Å². The van der Waals surface area contributed by atoms with Gasteiger partial charge in [0, 0.05) is 13.1 Å². The monoisotopic (exact) mass is 120 g/mol. The van der Waals surface area contributed by atoms with Crippen molar-refractivity contribution in [2.24, 2.45) is 5.73 Å². The average molecular weight is 120 g/mol. The van der Waals surface area contributed by atoms with Gasteiger partial charge in [-0.3, -0.25) is 0 Å². The standard InChI is InChI=1S/C3H8.C2H8N2O/c1-3-2;3-1-2-4-5/h3H2,1-2H3;4-5H,1-3H2. The van der Waals surface area contributed by atoms with Gasteiger partial charge in [0.1, 0.15) is 0 Å². The summed E-state index contributed by atoms with van der Waals surface area (Å²) in [6, 6.07) is 0. The van der Waals surface area contributed by atoms with E-state index < -0.39 is 0 Å². The summed E-state index contributed by atoms with van der Waals surface area (Å²) >= 11 is 0. The van der Waals surface area contributed by atoms with Gasteiger partial charge in [0.05, 0.1) is 0 Å². The van der Waals surface area contributed by atoms with Gasteiger partial charge in [-0.05, 0) is 0 Å². The minimum Gasteiger partial charge on any atom is -0.329 e. The Balaban J connectivity index is 0. The molecule has 0 aromatic heterocycles. The van der Waals surface area contributed by atoms with Gasteiger partial charge in [0.25, 0.3) is 0 Å². The first-order valence-electron chi connectivity index (χ1n) is 2.90. The molecule has 0 aromatic carbocycles. The summed E-state index contributed by atoms with van der Waals surface area (Å²) in [7, 11) is 0. The van der Waals surface area contributed by atoms with E-state index in [1.54, 1.807) is 0 Å². The second-order valence-electron chi connectivity index (χ2n) is 1.40. The van der Waals surface area contributed by atoms with Crippen LogP contribution in [0.4, 0.5) is 0 Å². The van der Waals surface area contributed by atoms with Crippen LogP contribution in [-0.2, 0) is 0 Å². The highest BCUT2D eigenvalue weighted by Gasteiger charge is 1.65. The smallest absolute Gasteiger partial charge is 0.0330 e. The minimum atomic E-state index is 0.472. The van der Waals surface area contributed by atoms with Gasteiger partial charge in [0.2, 0.25) is 0 Å². The van der Waals surface area contributed by atoms with Crippen LogP contribution < -0.4 is 11.2 Å². The molecule has 0 unspecified atom stereocenters. The Morgan fingerprint density at radius 3 is 1.88 bits per heavy atom. The molecule has 0 amide bonds. The maximum atomic E-state index is 7.74. The Morgan fingerprint density at radius 2 is 1.88 bits per heavy atom. The average Bonchev–Trinajstić information content (AvgIpc) is 1.71. The van der Waals surface area contributed by atoms with Crippen molar-refractivity contribution in [1.29, 1.82) is 0 Å². The second-order valence-corrected chi connectivity index (χ2v) is 1.40. The van der Waals surface area contributed by atoms with Crippen molar-refractivity contribution in [2.75, 3.05) is 13.1 Å². The molecule has 8 heavy (non-hydrogen) atoms. The zero-order chi connectivity index (χ0) is 6.83. The van der Waals surface area contributed by atoms with Crippen molar-refractivity contribution in [2.45, 2.75) is 20.3 Å². The molecule has 0 rings (SSSR count). The van der Waals surface area contributed by atoms with E-state index in [9.17, 15) is 0 Å². The van der Waals surface area contributed by atoms with E-state index in [0.29, 0.717) is 13.1 Å². The summed E-state index contributed by atoms with van der Waals surface area (Å²) in [4.78, 5) is 0. The van der Waals surface area contributed by atoms with Crippen molar-refractivity contribution in [3.8, 4) is 0 Å². The summed E-state index contributed by atoms with van der Waals surface area (Å²) in [5, 5.41) is 7.74. The van der Waals surface area contributed by atoms with E-state index in [-0.39, 0.29) is 0 Å². The molecule has 0 aliphatic heterocycles. The van der Waals surface area contributed by atoms with Crippen molar-refractivity contribution >= 4 is 0 Å². The molecule has 0 spiro atoms. The Hall–Kier alpha value is -0.120. The quantitative estimate of drug-likeness (QED) is 0.460. The predicted molar refractivity (Wildman–Crippen MR) is 34.8 cm³/mol. The number of hydroxylamine groups is 1. The Kier molecular flexibility index (Phi) is 21.3. The maximum Gasteiger partial charge on any atom is 0.0330 e. The van der Waals surface area contributed by atoms with Crippen LogP contribution >= 0.6 is 0 Å². The second kappa shape index (κ2) is 15.8. The molecule has 0 aliphatic rings. The molecular weight excluding hydrogens is 104 g/mol. The van der Waals surface area contributed by atoms with E-state index in [0.717, 1.165) is 0 Å². The van der Waals surface area contributed by atoms with Crippen LogP contribution in [0.15, 0.2) is 0 Å². The SMILES string of the molecule is CCC.NCCNO. The lowest BCUT2D eigenvalue weighted by Gasteiger charge is -1.84. The number of hydrogen-bond donors (Lipinski definition) is 3. The fourth-order valence-corrected chi connectivity index (χ4v) is 0.0645. The van der Waals surface area contributed by atoms with Crippen molar-refractivity contribution in [3.05, 3.63) is 0 Å². The number of nitrogens with one attached hydrogen (secondary N) is 1. The van der Waals surface area contributed by atoms with Crippen LogP contribution in [0.3, 0.4) is 0 Å². The fourth-order valence-electron chi connectivity index (χ4n) is 0.0645. The van der Waals surface area contributed by atoms with E-state index in [1.807, 2.05) is 5.48 Å². The third kappa shape index (κ3) is 39.6. The lowest BCUT2D eigenvalue weighted by atomic mass is 10.6. The molecule has 0 saturated heterocycles. The molecule has 0 aromatic rings. The molecule has 4 N–H and O–H groups in total. The third-order valence-corrected chi connectivity index (χ3v) is 0.256. The first kappa shape index (κ1) is 10.8. The van der Waals surface area contributed by atoms with Crippen molar-refractivity contribution < 1.29 is 5.21 Å². The summed E-state index contributed by atoms with van der Waals surface area (Å²) < 4.78 is 0. The van der Waals surface area contributed by atoms with E-state index >= 15 is 0 Å². The van der Waals surface area contributed by atoms with Gasteiger partial charge in [0.15, 0.2) is 0 Å². The number of rotatable bonds is 2. The normalized spacial score (nSPS) is 7.50. The molecule has 0 saturated carbocycles. The molecule has 0 radical (unpaired) electrons. The van der Waals surface area contributed by atoms with Gasteiger partial charge in [-0.1, -0.05) is 20.3 Å². The maximum absolute atomic E-state index is 7.74. The van der Waals surface area contributed by atoms with E-state index in [1.165, 1.54) is 6.42 Å². The van der Waals surface area contributed by atoms with Crippen LogP contribution in [0.25, 0.3) is 0 Å². The molecule has 0 atom stereocenters. The number of hydrogen-bond acceptors (Lipinski definition) is 3. The van der Waals surface area contributed by atoms with Crippen LogP contribution in [0.5, 0.6) is 0 Å². The highest BCUT2D eigenvalue weighted by Crippen LogP contribution is 1.56. The van der Waals surface area contributed by atoms with Crippen LogP contribution in [0.1, 0.15) is 20.3 Å².